The fourth-order valence-electron chi connectivity index (χ4n) is 3.09. The SMILES string of the molecule is CCNC(=NCC(O)COC(C)c1ccccc1)NC1CCCCC1.I. The highest BCUT2D eigenvalue weighted by molar-refractivity contribution is 14.0. The van der Waals surface area contributed by atoms with E-state index in [1.165, 1.54) is 32.1 Å². The van der Waals surface area contributed by atoms with E-state index in [1.807, 2.05) is 37.3 Å². The maximum Gasteiger partial charge on any atom is 0.191 e. The van der Waals surface area contributed by atoms with Crippen LogP contribution in [0.5, 0.6) is 0 Å². The van der Waals surface area contributed by atoms with Crippen molar-refractivity contribution in [3.8, 4) is 0 Å². The van der Waals surface area contributed by atoms with E-state index in [1.54, 1.807) is 0 Å². The maximum absolute atomic E-state index is 10.2. The molecule has 2 atom stereocenters. The number of nitrogens with one attached hydrogen (secondary N) is 2. The number of aliphatic hydroxyl groups excluding tert-OH is 1. The maximum atomic E-state index is 10.2. The van der Waals surface area contributed by atoms with Gasteiger partial charge >= 0.3 is 0 Å². The minimum atomic E-state index is -0.604. The minimum absolute atomic E-state index is 0. The van der Waals surface area contributed by atoms with Gasteiger partial charge < -0.3 is 20.5 Å². The Hall–Kier alpha value is -0.860. The monoisotopic (exact) mass is 475 g/mol. The standard InChI is InChI=1S/C20H33N3O2.HI/c1-3-21-20(23-18-12-8-5-9-13-18)22-14-19(24)15-25-16(2)17-10-6-4-7-11-17;/h4,6-7,10-11,16,18-19,24H,3,5,8-9,12-15H2,1-2H3,(H2,21,22,23);1H. The smallest absolute Gasteiger partial charge is 0.191 e. The molecule has 0 heterocycles. The molecule has 1 saturated carbocycles. The van der Waals surface area contributed by atoms with Crippen LogP contribution in [0.3, 0.4) is 0 Å². The number of aliphatic imine (C=N–C) groups is 1. The molecule has 0 aromatic heterocycles. The molecule has 26 heavy (non-hydrogen) atoms. The van der Waals surface area contributed by atoms with Crippen LogP contribution in [0, 0.1) is 0 Å². The number of halogens is 1. The number of ether oxygens (including phenoxy) is 1. The molecule has 6 heteroatoms. The second kappa shape index (κ2) is 13.3. The number of nitrogens with zero attached hydrogens (tertiary/aromatic N) is 1. The van der Waals surface area contributed by atoms with E-state index >= 15 is 0 Å². The number of aliphatic hydroxyl groups is 1. The van der Waals surface area contributed by atoms with Crippen LogP contribution in [0.25, 0.3) is 0 Å². The Kier molecular flexibility index (Phi) is 11.9. The molecule has 1 fully saturated rings. The topological polar surface area (TPSA) is 65.9 Å². The average Bonchev–Trinajstić information content (AvgIpc) is 2.66. The summed E-state index contributed by atoms with van der Waals surface area (Å²) in [7, 11) is 0. The summed E-state index contributed by atoms with van der Waals surface area (Å²) in [6, 6.07) is 10.5. The van der Waals surface area contributed by atoms with Crippen molar-refractivity contribution in [2.45, 2.75) is 64.2 Å². The largest absolute Gasteiger partial charge is 0.389 e. The summed E-state index contributed by atoms with van der Waals surface area (Å²) in [4.78, 5) is 4.52. The molecule has 1 aromatic carbocycles. The summed E-state index contributed by atoms with van der Waals surface area (Å²) in [5.41, 5.74) is 1.12. The van der Waals surface area contributed by atoms with Crippen molar-refractivity contribution in [3.05, 3.63) is 35.9 Å². The molecule has 0 saturated heterocycles. The summed E-state index contributed by atoms with van der Waals surface area (Å²) in [6.07, 6.45) is 5.66. The van der Waals surface area contributed by atoms with E-state index in [0.717, 1.165) is 18.1 Å². The summed E-state index contributed by atoms with van der Waals surface area (Å²) >= 11 is 0. The van der Waals surface area contributed by atoms with Gasteiger partial charge in [-0.25, -0.2) is 0 Å². The zero-order chi connectivity index (χ0) is 17.9. The van der Waals surface area contributed by atoms with Gasteiger partial charge in [0.25, 0.3) is 0 Å². The Morgan fingerprint density at radius 3 is 2.58 bits per heavy atom. The summed E-state index contributed by atoms with van der Waals surface area (Å²) in [5, 5.41) is 16.9. The zero-order valence-electron chi connectivity index (χ0n) is 16.0. The molecule has 1 aliphatic rings. The lowest BCUT2D eigenvalue weighted by Gasteiger charge is -2.25. The molecule has 0 spiro atoms. The Bertz CT molecular complexity index is 507. The summed E-state index contributed by atoms with van der Waals surface area (Å²) < 4.78 is 5.77. The predicted molar refractivity (Wildman–Crippen MR) is 118 cm³/mol. The van der Waals surface area contributed by atoms with Crippen LogP contribution in [0.2, 0.25) is 0 Å². The lowest BCUT2D eigenvalue weighted by Crippen LogP contribution is -2.44. The highest BCUT2D eigenvalue weighted by atomic mass is 127. The molecule has 3 N–H and O–H groups in total. The first-order valence-corrected chi connectivity index (χ1v) is 9.58. The molecule has 1 aliphatic carbocycles. The van der Waals surface area contributed by atoms with Crippen LogP contribution in [0.1, 0.15) is 57.6 Å². The van der Waals surface area contributed by atoms with Crippen LogP contribution < -0.4 is 10.6 Å². The first-order chi connectivity index (χ1) is 12.2. The molecule has 148 valence electrons. The minimum Gasteiger partial charge on any atom is -0.389 e. The first kappa shape index (κ1) is 23.2. The summed E-state index contributed by atoms with van der Waals surface area (Å²) in [6.45, 7) is 5.49. The van der Waals surface area contributed by atoms with Gasteiger partial charge in [-0.3, -0.25) is 4.99 Å². The van der Waals surface area contributed by atoms with Gasteiger partial charge in [-0.05, 0) is 32.3 Å². The third kappa shape index (κ3) is 8.68. The normalized spacial score (nSPS) is 17.9. The van der Waals surface area contributed by atoms with Gasteiger partial charge in [0.1, 0.15) is 0 Å². The summed E-state index contributed by atoms with van der Waals surface area (Å²) in [5.74, 6) is 0.796. The molecule has 2 unspecified atom stereocenters. The van der Waals surface area contributed by atoms with E-state index < -0.39 is 6.10 Å². The number of hydrogen-bond donors (Lipinski definition) is 3. The lowest BCUT2D eigenvalue weighted by atomic mass is 9.96. The number of rotatable bonds is 8. The molecular weight excluding hydrogens is 441 g/mol. The fraction of sp³-hybridized carbons (Fsp3) is 0.650. The van der Waals surface area contributed by atoms with Crippen molar-refractivity contribution in [1.82, 2.24) is 10.6 Å². The van der Waals surface area contributed by atoms with Gasteiger partial charge in [0.2, 0.25) is 0 Å². The van der Waals surface area contributed by atoms with Crippen LogP contribution in [0.15, 0.2) is 35.3 Å². The van der Waals surface area contributed by atoms with Crippen LogP contribution >= 0.6 is 24.0 Å². The Morgan fingerprint density at radius 1 is 1.23 bits per heavy atom. The molecule has 0 bridgehead atoms. The van der Waals surface area contributed by atoms with Crippen LogP contribution in [-0.2, 0) is 4.74 Å². The Balaban J connectivity index is 0.00000338. The van der Waals surface area contributed by atoms with Gasteiger partial charge in [0.05, 0.1) is 25.4 Å². The third-order valence-electron chi connectivity index (χ3n) is 4.56. The van der Waals surface area contributed by atoms with Crippen molar-refractivity contribution >= 4 is 29.9 Å². The van der Waals surface area contributed by atoms with Crippen molar-refractivity contribution in [3.63, 3.8) is 0 Å². The van der Waals surface area contributed by atoms with Gasteiger partial charge in [-0.1, -0.05) is 49.6 Å². The molecule has 0 aliphatic heterocycles. The second-order valence-electron chi connectivity index (χ2n) is 6.74. The van der Waals surface area contributed by atoms with E-state index in [9.17, 15) is 5.11 Å². The highest BCUT2D eigenvalue weighted by Gasteiger charge is 2.15. The Labute approximate surface area is 175 Å². The second-order valence-corrected chi connectivity index (χ2v) is 6.74. The number of benzene rings is 1. The number of hydrogen-bond acceptors (Lipinski definition) is 3. The molecule has 0 amide bonds. The number of guanidine groups is 1. The van der Waals surface area contributed by atoms with Gasteiger partial charge in [-0.15, -0.1) is 24.0 Å². The molecule has 2 rings (SSSR count). The van der Waals surface area contributed by atoms with Gasteiger partial charge in [0.15, 0.2) is 5.96 Å². The third-order valence-corrected chi connectivity index (χ3v) is 4.56. The lowest BCUT2D eigenvalue weighted by molar-refractivity contribution is 0.00111. The highest BCUT2D eigenvalue weighted by Crippen LogP contribution is 2.17. The van der Waals surface area contributed by atoms with Crippen molar-refractivity contribution in [1.29, 1.82) is 0 Å². The van der Waals surface area contributed by atoms with Gasteiger partial charge in [0, 0.05) is 12.6 Å². The van der Waals surface area contributed by atoms with Crippen molar-refractivity contribution in [2.75, 3.05) is 19.7 Å². The van der Waals surface area contributed by atoms with E-state index in [4.69, 9.17) is 4.74 Å². The van der Waals surface area contributed by atoms with Crippen molar-refractivity contribution < 1.29 is 9.84 Å². The van der Waals surface area contributed by atoms with Crippen LogP contribution in [-0.4, -0.2) is 42.9 Å². The van der Waals surface area contributed by atoms with Crippen molar-refractivity contribution in [2.24, 2.45) is 4.99 Å². The zero-order valence-corrected chi connectivity index (χ0v) is 18.3. The molecule has 5 nitrogen and oxygen atoms in total. The Morgan fingerprint density at radius 2 is 1.92 bits per heavy atom. The quantitative estimate of drug-likeness (QED) is 0.305. The predicted octanol–water partition coefficient (Wildman–Crippen LogP) is 3.63. The first-order valence-electron chi connectivity index (χ1n) is 9.58. The van der Waals surface area contributed by atoms with Gasteiger partial charge in [-0.2, -0.15) is 0 Å². The fourth-order valence-corrected chi connectivity index (χ4v) is 3.09. The molecule has 1 aromatic rings. The van der Waals surface area contributed by atoms with E-state index in [2.05, 4.69) is 22.5 Å². The molecular formula is C20H34IN3O2. The van der Waals surface area contributed by atoms with Crippen LogP contribution in [0.4, 0.5) is 0 Å². The molecule has 0 radical (unpaired) electrons. The average molecular weight is 475 g/mol. The van der Waals surface area contributed by atoms with E-state index in [0.29, 0.717) is 12.6 Å². The van der Waals surface area contributed by atoms with E-state index in [-0.39, 0.29) is 36.7 Å².